The molecule has 1 atom stereocenters. The Morgan fingerprint density at radius 1 is 0.889 bits per heavy atom. The zero-order valence-corrected chi connectivity index (χ0v) is 20.4. The van der Waals surface area contributed by atoms with Gasteiger partial charge in [0.2, 0.25) is 5.91 Å². The number of amides is 2. The van der Waals surface area contributed by atoms with Crippen LogP contribution in [0.15, 0.2) is 85.1 Å². The number of hydrogen-bond acceptors (Lipinski definition) is 2. The molecule has 1 N–H and O–H groups in total. The van der Waals surface area contributed by atoms with E-state index in [9.17, 15) is 9.59 Å². The van der Waals surface area contributed by atoms with Crippen LogP contribution in [-0.4, -0.2) is 46.2 Å². The summed E-state index contributed by atoms with van der Waals surface area (Å²) in [6, 6.07) is 26.5. The molecule has 2 fully saturated rings. The van der Waals surface area contributed by atoms with Gasteiger partial charge >= 0.3 is 0 Å². The van der Waals surface area contributed by atoms with Crippen molar-refractivity contribution in [2.75, 3.05) is 19.6 Å². The quantitative estimate of drug-likeness (QED) is 0.369. The Kier molecular flexibility index (Phi) is 6.06. The Labute approximate surface area is 211 Å². The molecular formula is C31H31N3O2. The van der Waals surface area contributed by atoms with Gasteiger partial charge in [0.25, 0.3) is 5.91 Å². The topological polar surface area (TPSA) is 56.4 Å². The van der Waals surface area contributed by atoms with Crippen LogP contribution >= 0.6 is 0 Å². The average Bonchev–Trinajstić information content (AvgIpc) is 3.48. The van der Waals surface area contributed by atoms with Crippen molar-refractivity contribution in [2.45, 2.75) is 25.8 Å². The Morgan fingerprint density at radius 3 is 2.44 bits per heavy atom. The molecule has 2 aliphatic rings. The maximum absolute atomic E-state index is 13.7. The van der Waals surface area contributed by atoms with Gasteiger partial charge < -0.3 is 14.8 Å². The minimum Gasteiger partial charge on any atom is -0.361 e. The predicted octanol–water partition coefficient (Wildman–Crippen LogP) is 5.74. The van der Waals surface area contributed by atoms with Crippen molar-refractivity contribution in [3.8, 4) is 11.1 Å². The van der Waals surface area contributed by atoms with Gasteiger partial charge in [0, 0.05) is 49.4 Å². The fourth-order valence-electron chi connectivity index (χ4n) is 5.32. The van der Waals surface area contributed by atoms with E-state index < -0.39 is 0 Å². The number of fused-ring (bicyclic) bond motifs is 1. The van der Waals surface area contributed by atoms with Gasteiger partial charge in [-0.2, -0.15) is 0 Å². The summed E-state index contributed by atoms with van der Waals surface area (Å²) in [6.07, 6.45) is 4.97. The molecule has 0 unspecified atom stereocenters. The van der Waals surface area contributed by atoms with Crippen LogP contribution in [0, 0.1) is 11.8 Å². The second-order valence-corrected chi connectivity index (χ2v) is 10.2. The molecule has 1 aromatic heterocycles. The lowest BCUT2D eigenvalue weighted by molar-refractivity contribution is -0.131. The lowest BCUT2D eigenvalue weighted by Gasteiger charge is -2.26. The number of H-pyrrole nitrogens is 1. The number of carbonyl (C=O) groups excluding carboxylic acids is 2. The van der Waals surface area contributed by atoms with Crippen LogP contribution in [0.3, 0.4) is 0 Å². The highest BCUT2D eigenvalue weighted by molar-refractivity contribution is 5.95. The van der Waals surface area contributed by atoms with E-state index in [1.165, 1.54) is 5.39 Å². The van der Waals surface area contributed by atoms with Crippen LogP contribution in [-0.2, 0) is 11.3 Å². The number of hydrogen-bond donors (Lipinski definition) is 1. The van der Waals surface area contributed by atoms with E-state index in [2.05, 4.69) is 41.4 Å². The van der Waals surface area contributed by atoms with E-state index in [-0.39, 0.29) is 11.8 Å². The number of nitrogens with zero attached hydrogens (tertiary/aromatic N) is 2. The van der Waals surface area contributed by atoms with E-state index in [0.29, 0.717) is 30.5 Å². The SMILES string of the molecule is O=C(c1ccc(-c2ccc3cc[nH]c3c2)cc1)N(Cc1ccccc1)C[C@@H]1CCN(C(=O)C2CC2)C1. The monoisotopic (exact) mass is 477 g/mol. The molecule has 1 aliphatic carbocycles. The normalized spacial score (nSPS) is 17.4. The molecule has 0 bridgehead atoms. The Morgan fingerprint density at radius 2 is 1.67 bits per heavy atom. The summed E-state index contributed by atoms with van der Waals surface area (Å²) in [5.74, 6) is 0.915. The van der Waals surface area contributed by atoms with Gasteiger partial charge in [-0.05, 0) is 71.5 Å². The van der Waals surface area contributed by atoms with Crippen molar-refractivity contribution < 1.29 is 9.59 Å². The van der Waals surface area contributed by atoms with Gasteiger partial charge in [0.1, 0.15) is 0 Å². The summed E-state index contributed by atoms with van der Waals surface area (Å²) < 4.78 is 0. The van der Waals surface area contributed by atoms with Gasteiger partial charge in [-0.3, -0.25) is 9.59 Å². The number of aromatic nitrogens is 1. The van der Waals surface area contributed by atoms with Gasteiger partial charge in [0.05, 0.1) is 0 Å². The number of likely N-dealkylation sites (tertiary alicyclic amines) is 1. The molecular weight excluding hydrogens is 446 g/mol. The van der Waals surface area contributed by atoms with Gasteiger partial charge in [-0.15, -0.1) is 0 Å². The van der Waals surface area contributed by atoms with Crippen LogP contribution in [0.25, 0.3) is 22.0 Å². The van der Waals surface area contributed by atoms with Gasteiger partial charge in [0.15, 0.2) is 0 Å². The number of nitrogens with one attached hydrogen (secondary N) is 1. The summed E-state index contributed by atoms with van der Waals surface area (Å²) >= 11 is 0. The Bertz CT molecular complexity index is 1370. The first-order valence-corrected chi connectivity index (χ1v) is 12.9. The maximum atomic E-state index is 13.7. The highest BCUT2D eigenvalue weighted by Gasteiger charge is 2.37. The van der Waals surface area contributed by atoms with E-state index in [4.69, 9.17) is 0 Å². The largest absolute Gasteiger partial charge is 0.361 e. The molecule has 1 saturated heterocycles. The molecule has 2 amide bonds. The first-order valence-electron chi connectivity index (χ1n) is 12.9. The molecule has 36 heavy (non-hydrogen) atoms. The molecule has 5 nitrogen and oxygen atoms in total. The summed E-state index contributed by atoms with van der Waals surface area (Å²) in [5.41, 5.74) is 5.12. The van der Waals surface area contributed by atoms with Gasteiger partial charge in [-0.25, -0.2) is 0 Å². The van der Waals surface area contributed by atoms with E-state index in [0.717, 1.165) is 54.6 Å². The first-order chi connectivity index (χ1) is 17.6. The van der Waals surface area contributed by atoms with Crippen LogP contribution < -0.4 is 0 Å². The second-order valence-electron chi connectivity index (χ2n) is 10.2. The Balaban J connectivity index is 1.19. The van der Waals surface area contributed by atoms with Crippen LogP contribution in [0.5, 0.6) is 0 Å². The highest BCUT2D eigenvalue weighted by Crippen LogP contribution is 2.33. The lowest BCUT2D eigenvalue weighted by atomic mass is 10.0. The number of carbonyl (C=O) groups is 2. The highest BCUT2D eigenvalue weighted by atomic mass is 16.2. The summed E-state index contributed by atoms with van der Waals surface area (Å²) in [6.45, 7) is 2.80. The first kappa shape index (κ1) is 22.6. The molecule has 0 spiro atoms. The molecule has 1 saturated carbocycles. The predicted molar refractivity (Wildman–Crippen MR) is 142 cm³/mol. The fraction of sp³-hybridized carbons (Fsp3) is 0.290. The fourth-order valence-corrected chi connectivity index (χ4v) is 5.32. The van der Waals surface area contributed by atoms with Crippen molar-refractivity contribution in [3.05, 3.63) is 96.2 Å². The molecule has 4 aromatic rings. The average molecular weight is 478 g/mol. The molecule has 1 aliphatic heterocycles. The van der Waals surface area contributed by atoms with Crippen LogP contribution in [0.4, 0.5) is 0 Å². The lowest BCUT2D eigenvalue weighted by Crippen LogP contribution is -2.37. The maximum Gasteiger partial charge on any atom is 0.254 e. The van der Waals surface area contributed by atoms with E-state index in [1.54, 1.807) is 0 Å². The van der Waals surface area contributed by atoms with E-state index in [1.807, 2.05) is 58.5 Å². The third kappa shape index (κ3) is 4.78. The minimum absolute atomic E-state index is 0.0391. The third-order valence-corrected chi connectivity index (χ3v) is 7.53. The molecule has 5 heteroatoms. The van der Waals surface area contributed by atoms with Crippen molar-refractivity contribution in [1.82, 2.24) is 14.8 Å². The molecule has 182 valence electrons. The van der Waals surface area contributed by atoms with Crippen molar-refractivity contribution in [3.63, 3.8) is 0 Å². The number of benzene rings is 3. The van der Waals surface area contributed by atoms with Crippen molar-refractivity contribution in [2.24, 2.45) is 11.8 Å². The second kappa shape index (κ2) is 9.65. The smallest absolute Gasteiger partial charge is 0.254 e. The number of rotatable bonds is 7. The summed E-state index contributed by atoms with van der Waals surface area (Å²) in [7, 11) is 0. The third-order valence-electron chi connectivity index (χ3n) is 7.53. The van der Waals surface area contributed by atoms with Crippen molar-refractivity contribution >= 4 is 22.7 Å². The van der Waals surface area contributed by atoms with Crippen molar-refractivity contribution in [1.29, 1.82) is 0 Å². The molecule has 2 heterocycles. The Hall–Kier alpha value is -3.86. The number of aromatic amines is 1. The zero-order valence-electron chi connectivity index (χ0n) is 20.4. The standard InChI is InChI=1S/C31H31N3O2/c35-30(26-11-12-26)33-17-15-23(20-33)21-34(19-22-4-2-1-3-5-22)31(36)27-9-6-24(7-10-27)28-13-8-25-14-16-32-29(25)18-28/h1-10,13-14,16,18,23,26,32H,11-12,15,17,19-21H2/t23-/m1/s1. The minimum atomic E-state index is 0.0391. The van der Waals surface area contributed by atoms with E-state index >= 15 is 0 Å². The summed E-state index contributed by atoms with van der Waals surface area (Å²) in [5, 5.41) is 1.19. The molecule has 6 rings (SSSR count). The van der Waals surface area contributed by atoms with Crippen LogP contribution in [0.1, 0.15) is 35.2 Å². The summed E-state index contributed by atoms with van der Waals surface area (Å²) in [4.78, 5) is 33.5. The molecule has 0 radical (unpaired) electrons. The zero-order chi connectivity index (χ0) is 24.5. The molecule has 3 aromatic carbocycles. The van der Waals surface area contributed by atoms with Gasteiger partial charge in [-0.1, -0.05) is 54.6 Å². The van der Waals surface area contributed by atoms with Crippen LogP contribution in [0.2, 0.25) is 0 Å².